The Balaban J connectivity index is 3.42. The number of carbonyl (C=O) groups excluding carboxylic acids is 1. The molecule has 1 aromatic carbocycles. The van der Waals surface area contributed by atoms with E-state index >= 15 is 0 Å². The van der Waals surface area contributed by atoms with E-state index in [0.717, 1.165) is 11.1 Å². The van der Waals surface area contributed by atoms with Crippen molar-refractivity contribution in [3.05, 3.63) is 45.7 Å². The number of allylic oxidation sites excluding steroid dienone is 2. The molecule has 0 radical (unpaired) electrons. The lowest BCUT2D eigenvalue weighted by atomic mass is 9.93. The normalized spacial score (nSPS) is 11.8. The molecule has 3 N–H and O–H groups in total. The number of ether oxygens (including phenoxy) is 1. The minimum atomic E-state index is -0.391. The second kappa shape index (κ2) is 5.69. The smallest absolute Gasteiger partial charge is 0.338 e. The predicted octanol–water partition coefficient (Wildman–Crippen LogP) is 2.71. The summed E-state index contributed by atoms with van der Waals surface area (Å²) < 4.78 is 4.75. The molecule has 0 aliphatic heterocycles. The van der Waals surface area contributed by atoms with Crippen molar-refractivity contribution in [3.63, 3.8) is 0 Å². The van der Waals surface area contributed by atoms with E-state index in [1.54, 1.807) is 19.9 Å². The first-order chi connectivity index (χ1) is 8.79. The zero-order valence-corrected chi connectivity index (χ0v) is 12.0. The van der Waals surface area contributed by atoms with Gasteiger partial charge in [0.05, 0.1) is 18.4 Å². The number of nitrogens with one attached hydrogen (secondary N) is 1. The molecule has 0 aliphatic rings. The van der Waals surface area contributed by atoms with Gasteiger partial charge in [0.25, 0.3) is 0 Å². The lowest BCUT2D eigenvalue weighted by molar-refractivity contribution is 0.0600. The molecule has 0 unspecified atom stereocenters. The van der Waals surface area contributed by atoms with E-state index in [-0.39, 0.29) is 0 Å². The molecule has 0 heterocycles. The molecule has 1 rings (SSSR count). The van der Waals surface area contributed by atoms with Gasteiger partial charge in [0.1, 0.15) is 0 Å². The monoisotopic (exact) mass is 260 g/mol. The van der Waals surface area contributed by atoms with Gasteiger partial charge < -0.3 is 10.5 Å². The minimum absolute atomic E-state index is 0.336. The number of hydrogen-bond acceptors (Lipinski definition) is 4. The van der Waals surface area contributed by atoms with Crippen LogP contribution in [0.4, 0.5) is 0 Å². The Morgan fingerprint density at radius 2 is 1.68 bits per heavy atom. The molecule has 0 spiro atoms. The molecule has 0 bridgehead atoms. The molecule has 0 fully saturated rings. The lowest BCUT2D eigenvalue weighted by Gasteiger charge is -2.13. The Bertz CT molecular complexity index is 568. The molecular formula is C15H20N2O2. The Hall–Kier alpha value is -2.10. The summed E-state index contributed by atoms with van der Waals surface area (Å²) in [6.45, 7) is 7.32. The van der Waals surface area contributed by atoms with Crippen LogP contribution in [-0.2, 0) is 4.74 Å². The topological polar surface area (TPSA) is 76.2 Å². The minimum Gasteiger partial charge on any atom is -0.465 e. The van der Waals surface area contributed by atoms with Crippen LogP contribution in [0.3, 0.4) is 0 Å². The number of carbonyl (C=O) groups is 1. The molecule has 4 nitrogen and oxygen atoms in total. The molecule has 0 amide bonds. The predicted molar refractivity (Wildman–Crippen MR) is 76.6 cm³/mol. The van der Waals surface area contributed by atoms with Crippen molar-refractivity contribution in [3.8, 4) is 0 Å². The highest BCUT2D eigenvalue weighted by Crippen LogP contribution is 2.20. The Labute approximate surface area is 113 Å². The van der Waals surface area contributed by atoms with Crippen LogP contribution >= 0.6 is 0 Å². The van der Waals surface area contributed by atoms with Gasteiger partial charge in [-0.25, -0.2) is 4.79 Å². The van der Waals surface area contributed by atoms with Crippen LogP contribution in [0.25, 0.3) is 0 Å². The first kappa shape index (κ1) is 15.0. The van der Waals surface area contributed by atoms with Crippen molar-refractivity contribution in [2.45, 2.75) is 27.7 Å². The number of benzene rings is 1. The molecule has 19 heavy (non-hydrogen) atoms. The van der Waals surface area contributed by atoms with Gasteiger partial charge in [-0.15, -0.1) is 0 Å². The zero-order valence-electron chi connectivity index (χ0n) is 12.0. The highest BCUT2D eigenvalue weighted by atomic mass is 16.5. The van der Waals surface area contributed by atoms with Gasteiger partial charge in [-0.1, -0.05) is 6.07 Å². The standard InChI is InChI=1S/C15H20N2O2/c1-8-6-9(2)13(15(18)19-5)7-12(8)14(17)10(3)11(4)16/h6-7,17H,16H2,1-5H3/b11-10-,17-14?. The summed E-state index contributed by atoms with van der Waals surface area (Å²) in [5.74, 6) is -0.391. The van der Waals surface area contributed by atoms with Gasteiger partial charge in [0.15, 0.2) is 0 Å². The molecule has 0 aromatic heterocycles. The first-order valence-corrected chi connectivity index (χ1v) is 6.01. The van der Waals surface area contributed by atoms with Crippen molar-refractivity contribution in [1.82, 2.24) is 0 Å². The van der Waals surface area contributed by atoms with Crippen LogP contribution in [0.2, 0.25) is 0 Å². The average Bonchev–Trinajstić information content (AvgIpc) is 2.36. The third-order valence-electron chi connectivity index (χ3n) is 3.21. The maximum atomic E-state index is 11.7. The Kier molecular flexibility index (Phi) is 4.48. The molecule has 0 aliphatic carbocycles. The SMILES string of the molecule is COC(=O)c1cc(C(=N)/C(C)=C(/C)N)c(C)cc1C. The number of nitrogens with two attached hydrogens (primary N) is 1. The number of aryl methyl sites for hydroxylation is 2. The first-order valence-electron chi connectivity index (χ1n) is 6.01. The summed E-state index contributed by atoms with van der Waals surface area (Å²) in [5.41, 5.74) is 10.3. The highest BCUT2D eigenvalue weighted by molar-refractivity contribution is 6.12. The summed E-state index contributed by atoms with van der Waals surface area (Å²) in [4.78, 5) is 11.7. The van der Waals surface area contributed by atoms with Crippen molar-refractivity contribution in [2.75, 3.05) is 7.11 Å². The Morgan fingerprint density at radius 1 is 1.16 bits per heavy atom. The third kappa shape index (κ3) is 3.02. The van der Waals surface area contributed by atoms with Gasteiger partial charge in [-0.3, -0.25) is 5.41 Å². The lowest BCUT2D eigenvalue weighted by Crippen LogP contribution is -2.12. The average molecular weight is 260 g/mol. The summed E-state index contributed by atoms with van der Waals surface area (Å²) in [7, 11) is 1.35. The molecule has 0 atom stereocenters. The fourth-order valence-corrected chi connectivity index (χ4v) is 1.85. The van der Waals surface area contributed by atoms with Gasteiger partial charge in [0, 0.05) is 11.3 Å². The van der Waals surface area contributed by atoms with E-state index in [0.29, 0.717) is 28.1 Å². The van der Waals surface area contributed by atoms with Gasteiger partial charge >= 0.3 is 5.97 Å². The van der Waals surface area contributed by atoms with E-state index in [1.807, 2.05) is 19.9 Å². The molecule has 4 heteroatoms. The number of methoxy groups -OCH3 is 1. The molecule has 0 saturated heterocycles. The maximum absolute atomic E-state index is 11.7. The van der Waals surface area contributed by atoms with Gasteiger partial charge in [-0.05, 0) is 50.5 Å². The summed E-state index contributed by atoms with van der Waals surface area (Å²) in [6, 6.07) is 3.58. The Morgan fingerprint density at radius 3 is 2.16 bits per heavy atom. The molecule has 102 valence electrons. The fourth-order valence-electron chi connectivity index (χ4n) is 1.85. The molecule has 0 saturated carbocycles. The largest absolute Gasteiger partial charge is 0.465 e. The van der Waals surface area contributed by atoms with Crippen LogP contribution in [0, 0.1) is 19.3 Å². The van der Waals surface area contributed by atoms with Crippen molar-refractivity contribution in [1.29, 1.82) is 5.41 Å². The van der Waals surface area contributed by atoms with E-state index < -0.39 is 5.97 Å². The van der Waals surface area contributed by atoms with E-state index in [1.165, 1.54) is 7.11 Å². The third-order valence-corrected chi connectivity index (χ3v) is 3.21. The van der Waals surface area contributed by atoms with Crippen LogP contribution < -0.4 is 5.73 Å². The fraction of sp³-hybridized carbons (Fsp3) is 0.333. The van der Waals surface area contributed by atoms with Crippen molar-refractivity contribution >= 4 is 11.7 Å². The van der Waals surface area contributed by atoms with Crippen molar-refractivity contribution < 1.29 is 9.53 Å². The van der Waals surface area contributed by atoms with Gasteiger partial charge in [-0.2, -0.15) is 0 Å². The van der Waals surface area contributed by atoms with E-state index in [9.17, 15) is 4.79 Å². The summed E-state index contributed by atoms with van der Waals surface area (Å²) in [6.07, 6.45) is 0. The van der Waals surface area contributed by atoms with Crippen LogP contribution in [0.1, 0.15) is 40.9 Å². The second-order valence-corrected chi connectivity index (χ2v) is 4.66. The number of hydrogen-bond donors (Lipinski definition) is 2. The quantitative estimate of drug-likeness (QED) is 0.648. The highest BCUT2D eigenvalue weighted by Gasteiger charge is 2.15. The zero-order chi connectivity index (χ0) is 14.7. The van der Waals surface area contributed by atoms with Crippen molar-refractivity contribution in [2.24, 2.45) is 5.73 Å². The number of rotatable bonds is 3. The summed E-state index contributed by atoms with van der Waals surface area (Å²) in [5, 5.41) is 8.18. The van der Waals surface area contributed by atoms with Crippen LogP contribution in [0.5, 0.6) is 0 Å². The second-order valence-electron chi connectivity index (χ2n) is 4.66. The van der Waals surface area contributed by atoms with Crippen LogP contribution in [-0.4, -0.2) is 18.8 Å². The maximum Gasteiger partial charge on any atom is 0.338 e. The molecule has 1 aromatic rings. The van der Waals surface area contributed by atoms with Gasteiger partial charge in [0.2, 0.25) is 0 Å². The van der Waals surface area contributed by atoms with E-state index in [2.05, 4.69) is 0 Å². The number of esters is 1. The molecular weight excluding hydrogens is 240 g/mol. The van der Waals surface area contributed by atoms with E-state index in [4.69, 9.17) is 15.9 Å². The van der Waals surface area contributed by atoms with Crippen LogP contribution in [0.15, 0.2) is 23.4 Å². The summed E-state index contributed by atoms with van der Waals surface area (Å²) >= 11 is 0.